The Morgan fingerprint density at radius 2 is 1.81 bits per heavy atom. The average molecular weight is 850 g/mol. The number of aliphatic imine (C=N–C) groups is 1. The zero-order valence-electron chi connectivity index (χ0n) is 39.1. The number of halogens is 2. The minimum Gasteiger partial charge on any atom is -0.376 e. The standard InChI is InChI=1S/C50H71F2N10/c1-14-17-18-19-25-62(32-39(62)9)34-58(13)61(47-24-23-42(51)28-44(47)52)55-29-38(8)50(53-11)60-33-54-48-22-20-21-45(56-48)43-27-36(6)26-37(7)49(43)59(35(4)5)31-41(15-2)30-57(12)40(10)46(60)16-3/h19-29,39,41,46H,4,10-11,14-18,30-34H2,1-3,5-9,12-13H3,(H,54,56)/q+1/b25-19+,50-38-,55-29-. The number of rotatable bonds is 15. The smallest absolute Gasteiger partial charge is 0.158 e. The summed E-state index contributed by atoms with van der Waals surface area (Å²) < 4.78 is 30.6. The van der Waals surface area contributed by atoms with E-state index in [-0.39, 0.29) is 17.6 Å². The summed E-state index contributed by atoms with van der Waals surface area (Å²) in [5.74, 6) is 0.219. The van der Waals surface area contributed by atoms with E-state index in [9.17, 15) is 4.39 Å². The van der Waals surface area contributed by atoms with E-state index in [2.05, 4.69) is 124 Å². The Morgan fingerprint density at radius 1 is 1.06 bits per heavy atom. The van der Waals surface area contributed by atoms with Crippen LogP contribution in [0, 0.1) is 31.4 Å². The first-order valence-electron chi connectivity index (χ1n) is 22.2. The number of benzene rings is 2. The van der Waals surface area contributed by atoms with Crippen molar-refractivity contribution in [3.05, 3.63) is 120 Å². The van der Waals surface area contributed by atoms with Crippen LogP contribution in [0.1, 0.15) is 84.8 Å². The molecule has 2 bridgehead atoms. The van der Waals surface area contributed by atoms with Gasteiger partial charge in [-0.05, 0) is 115 Å². The second-order valence-corrected chi connectivity index (χ2v) is 17.4. The van der Waals surface area contributed by atoms with Gasteiger partial charge >= 0.3 is 0 Å². The maximum absolute atomic E-state index is 15.6. The third-order valence-electron chi connectivity index (χ3n) is 12.3. The van der Waals surface area contributed by atoms with Crippen LogP contribution in [0.2, 0.25) is 0 Å². The second-order valence-electron chi connectivity index (χ2n) is 17.4. The van der Waals surface area contributed by atoms with Gasteiger partial charge in [0.2, 0.25) is 0 Å². The SMILES string of the molecule is C=N/C(=C(C)/C=N\N(c1ccc(F)cc1F)N(C)C[N+]1(/C=C/CCCC)CC1C)N1CNc2cccc(n2)-c2cc(C)cc(C)c2N(C(=C)C)CC(CC)CN(C)C(=C)C1CC. The van der Waals surface area contributed by atoms with Crippen molar-refractivity contribution in [1.82, 2.24) is 19.8 Å². The number of hydrazine groups is 1. The van der Waals surface area contributed by atoms with Crippen molar-refractivity contribution in [2.24, 2.45) is 16.0 Å². The molecule has 1 saturated heterocycles. The third-order valence-corrected chi connectivity index (χ3v) is 12.3. The van der Waals surface area contributed by atoms with E-state index in [0.717, 1.165) is 96.2 Å². The molecule has 334 valence electrons. The summed E-state index contributed by atoms with van der Waals surface area (Å²) in [4.78, 5) is 16.6. The minimum absolute atomic E-state index is 0.139. The first-order chi connectivity index (χ1) is 29.6. The number of anilines is 3. The van der Waals surface area contributed by atoms with Crippen LogP contribution < -0.4 is 15.3 Å². The molecule has 3 heterocycles. The highest BCUT2D eigenvalue weighted by Gasteiger charge is 2.51. The first-order valence-corrected chi connectivity index (χ1v) is 22.2. The van der Waals surface area contributed by atoms with Gasteiger partial charge in [0, 0.05) is 55.8 Å². The lowest BCUT2D eigenvalue weighted by molar-refractivity contribution is -0.770. The molecule has 5 rings (SSSR count). The first kappa shape index (κ1) is 47.7. The topological polar surface area (TPSA) is 65.8 Å². The van der Waals surface area contributed by atoms with Gasteiger partial charge in [-0.1, -0.05) is 58.0 Å². The molecule has 0 aliphatic carbocycles. The number of unbranched alkanes of at least 4 members (excludes halogenated alkanes) is 2. The van der Waals surface area contributed by atoms with E-state index in [1.54, 1.807) is 6.21 Å². The van der Waals surface area contributed by atoms with Gasteiger partial charge in [0.1, 0.15) is 35.7 Å². The van der Waals surface area contributed by atoms with Gasteiger partial charge < -0.3 is 20.0 Å². The Bertz CT molecular complexity index is 2160. The number of hydrogen-bond acceptors (Lipinski definition) is 9. The molecule has 4 unspecified atom stereocenters. The predicted molar refractivity (Wildman–Crippen MR) is 257 cm³/mol. The predicted octanol–water partition coefficient (Wildman–Crippen LogP) is 11.1. The molecule has 1 fully saturated rings. The van der Waals surface area contributed by atoms with Gasteiger partial charge in [0.25, 0.3) is 0 Å². The Hall–Kier alpha value is -5.33. The van der Waals surface area contributed by atoms with Crippen LogP contribution in [0.4, 0.5) is 26.0 Å². The molecule has 1 aromatic heterocycles. The second kappa shape index (κ2) is 21.2. The Labute approximate surface area is 370 Å². The zero-order valence-corrected chi connectivity index (χ0v) is 39.1. The number of quaternary nitrogens is 1. The number of allylic oxidation sites excluding steroid dienone is 3. The van der Waals surface area contributed by atoms with Crippen molar-refractivity contribution in [3.8, 4) is 11.3 Å². The van der Waals surface area contributed by atoms with Gasteiger partial charge in [-0.2, -0.15) is 15.2 Å². The number of likely N-dealkylation sites (N-methyl/N-ethyl adjacent to an activating group) is 1. The highest BCUT2D eigenvalue weighted by Crippen LogP contribution is 2.38. The molecule has 0 spiro atoms. The molecule has 2 aliphatic rings. The van der Waals surface area contributed by atoms with E-state index in [0.29, 0.717) is 36.6 Å². The van der Waals surface area contributed by atoms with Gasteiger partial charge in [-0.3, -0.25) is 4.48 Å². The number of hydrogen-bond donors (Lipinski definition) is 1. The highest BCUT2D eigenvalue weighted by molar-refractivity contribution is 5.82. The maximum Gasteiger partial charge on any atom is 0.158 e. The van der Waals surface area contributed by atoms with E-state index in [4.69, 9.17) is 16.7 Å². The molecule has 2 aromatic carbocycles. The quantitative estimate of drug-likeness (QED) is 0.0537. The van der Waals surface area contributed by atoms with Gasteiger partial charge in [-0.25, -0.2) is 18.8 Å². The number of hydrazone groups is 1. The number of fused-ring (bicyclic) bond motifs is 4. The van der Waals surface area contributed by atoms with E-state index < -0.39 is 11.6 Å². The summed E-state index contributed by atoms with van der Waals surface area (Å²) in [6, 6.07) is 14.3. The lowest BCUT2D eigenvalue weighted by Crippen LogP contribution is -2.45. The van der Waals surface area contributed by atoms with Crippen LogP contribution in [-0.4, -0.2) is 96.4 Å². The van der Waals surface area contributed by atoms with E-state index in [1.165, 1.54) is 22.8 Å². The molecule has 62 heavy (non-hydrogen) atoms. The molecular weight excluding hydrogens is 779 g/mol. The number of nitrogens with one attached hydrogen (secondary N) is 1. The van der Waals surface area contributed by atoms with Crippen molar-refractivity contribution >= 4 is 30.1 Å². The summed E-state index contributed by atoms with van der Waals surface area (Å²) in [7, 11) is 4.00. The Morgan fingerprint density at radius 3 is 2.44 bits per heavy atom. The number of aryl methyl sites for hydroxylation is 2. The van der Waals surface area contributed by atoms with Crippen LogP contribution in [0.25, 0.3) is 11.3 Å². The number of aromatic nitrogens is 1. The summed E-state index contributed by atoms with van der Waals surface area (Å²) in [6.07, 6.45) is 11.1. The van der Waals surface area contributed by atoms with Gasteiger partial charge in [0.05, 0.1) is 36.5 Å². The highest BCUT2D eigenvalue weighted by atomic mass is 19.1. The zero-order chi connectivity index (χ0) is 45.3. The molecule has 0 saturated carbocycles. The molecule has 1 N–H and O–H groups in total. The van der Waals surface area contributed by atoms with Crippen LogP contribution in [0.15, 0.2) is 107 Å². The minimum atomic E-state index is -0.707. The fourth-order valence-electron chi connectivity index (χ4n) is 8.67. The van der Waals surface area contributed by atoms with Crippen molar-refractivity contribution in [2.75, 3.05) is 62.4 Å². The largest absolute Gasteiger partial charge is 0.376 e. The maximum atomic E-state index is 15.6. The Kier molecular flexibility index (Phi) is 16.3. The van der Waals surface area contributed by atoms with Crippen molar-refractivity contribution in [2.45, 2.75) is 99.6 Å². The molecule has 2 aliphatic heterocycles. The third kappa shape index (κ3) is 11.2. The van der Waals surface area contributed by atoms with Crippen LogP contribution >= 0.6 is 0 Å². The fourth-order valence-corrected chi connectivity index (χ4v) is 8.67. The van der Waals surface area contributed by atoms with Crippen molar-refractivity contribution < 1.29 is 13.3 Å². The molecule has 3 aromatic rings. The molecule has 0 radical (unpaired) electrons. The number of nitrogens with zero attached hydrogens (tertiary/aromatic N) is 9. The van der Waals surface area contributed by atoms with Crippen molar-refractivity contribution in [3.63, 3.8) is 0 Å². The van der Waals surface area contributed by atoms with E-state index in [1.807, 2.05) is 31.1 Å². The summed E-state index contributed by atoms with van der Waals surface area (Å²) >= 11 is 0. The Balaban J connectivity index is 1.58. The fraction of sp³-hybridized carbons (Fsp3) is 0.460. The molecular formula is C50H71F2N10+. The summed E-state index contributed by atoms with van der Waals surface area (Å²) in [6.45, 7) is 33.7. The van der Waals surface area contributed by atoms with Gasteiger partial charge in [0.15, 0.2) is 12.5 Å². The molecule has 4 atom stereocenters. The lowest BCUT2D eigenvalue weighted by atomic mass is 9.97. The number of pyridine rings is 1. The van der Waals surface area contributed by atoms with Crippen LogP contribution in [-0.2, 0) is 0 Å². The van der Waals surface area contributed by atoms with Crippen LogP contribution in [0.3, 0.4) is 0 Å². The van der Waals surface area contributed by atoms with Crippen molar-refractivity contribution in [1.29, 1.82) is 0 Å². The monoisotopic (exact) mass is 850 g/mol. The van der Waals surface area contributed by atoms with E-state index >= 15 is 4.39 Å². The summed E-state index contributed by atoms with van der Waals surface area (Å²) in [5, 5.41) is 11.9. The molecule has 0 amide bonds. The van der Waals surface area contributed by atoms with Crippen LogP contribution in [0.5, 0.6) is 0 Å². The summed E-state index contributed by atoms with van der Waals surface area (Å²) in [5.41, 5.74) is 8.13. The normalized spacial score (nSPS) is 21.4. The van der Waals surface area contributed by atoms with Gasteiger partial charge in [-0.15, -0.1) is 0 Å². The lowest BCUT2D eigenvalue weighted by Gasteiger charge is -2.40. The average Bonchev–Trinajstić information content (AvgIpc) is 3.87. The molecule has 10 nitrogen and oxygen atoms in total. The molecule has 12 heteroatoms.